The number of carboxylic acid groups (broad SMARTS) is 1. The first kappa shape index (κ1) is 19.2. The van der Waals surface area contributed by atoms with E-state index in [1.807, 2.05) is 16.7 Å². The zero-order valence-electron chi connectivity index (χ0n) is 16.6. The molecule has 2 aliphatic carbocycles. The topological polar surface area (TPSA) is 97.7 Å². The van der Waals surface area contributed by atoms with E-state index in [0.717, 1.165) is 38.5 Å². The Bertz CT molecular complexity index is 1150. The Morgan fingerprint density at radius 1 is 1.23 bits per heavy atom. The number of halogens is 1. The molecule has 2 aromatic rings. The Hall–Kier alpha value is -2.80. The predicted octanol–water partition coefficient (Wildman–Crippen LogP) is 3.53. The van der Waals surface area contributed by atoms with E-state index in [2.05, 4.69) is 0 Å². The van der Waals surface area contributed by atoms with Crippen molar-refractivity contribution in [1.29, 1.82) is 0 Å². The first-order chi connectivity index (χ1) is 14.4. The van der Waals surface area contributed by atoms with Crippen LogP contribution in [0.3, 0.4) is 0 Å². The van der Waals surface area contributed by atoms with E-state index < -0.39 is 22.8 Å². The van der Waals surface area contributed by atoms with Gasteiger partial charge in [-0.2, -0.15) is 0 Å². The Morgan fingerprint density at radius 3 is 2.63 bits per heavy atom. The molecule has 7 heteroatoms. The SMILES string of the molecule is NC1CCCCC1C1(c2cc3c(cc2F)c(=O)c(C(=O)O)cn3C2CC2)C=CC=N1. The number of carbonyl (C=O) groups is 1. The summed E-state index contributed by atoms with van der Waals surface area (Å²) < 4.78 is 17.3. The molecule has 3 unspecified atom stereocenters. The maximum Gasteiger partial charge on any atom is 0.341 e. The number of benzene rings is 1. The van der Waals surface area contributed by atoms with Crippen molar-refractivity contribution in [3.63, 3.8) is 0 Å². The van der Waals surface area contributed by atoms with Gasteiger partial charge in [0.15, 0.2) is 0 Å². The van der Waals surface area contributed by atoms with Crippen LogP contribution < -0.4 is 11.2 Å². The second-order valence-corrected chi connectivity index (χ2v) is 8.68. The number of aliphatic imine (C=N–C) groups is 1. The molecule has 3 aliphatic rings. The highest BCUT2D eigenvalue weighted by atomic mass is 19.1. The van der Waals surface area contributed by atoms with E-state index in [1.54, 1.807) is 12.3 Å². The second kappa shape index (κ2) is 6.87. The third-order valence-electron chi connectivity index (χ3n) is 6.83. The summed E-state index contributed by atoms with van der Waals surface area (Å²) in [6.07, 6.45) is 12.4. The number of nitrogens with zero attached hydrogens (tertiary/aromatic N) is 2. The summed E-state index contributed by atoms with van der Waals surface area (Å²) in [5, 5.41) is 9.53. The van der Waals surface area contributed by atoms with Crippen molar-refractivity contribution >= 4 is 23.1 Å². The van der Waals surface area contributed by atoms with Crippen LogP contribution in [0.5, 0.6) is 0 Å². The number of hydrogen-bond donors (Lipinski definition) is 2. The molecule has 0 bridgehead atoms. The highest BCUT2D eigenvalue weighted by Gasteiger charge is 2.45. The smallest absolute Gasteiger partial charge is 0.341 e. The molecule has 2 heterocycles. The quantitative estimate of drug-likeness (QED) is 0.807. The summed E-state index contributed by atoms with van der Waals surface area (Å²) >= 11 is 0. The summed E-state index contributed by atoms with van der Waals surface area (Å²) in [6.45, 7) is 0. The Kier molecular flexibility index (Phi) is 4.39. The number of fused-ring (bicyclic) bond motifs is 1. The van der Waals surface area contributed by atoms with Crippen molar-refractivity contribution in [3.8, 4) is 0 Å². The van der Waals surface area contributed by atoms with Crippen LogP contribution >= 0.6 is 0 Å². The molecule has 0 amide bonds. The number of hydrogen-bond acceptors (Lipinski definition) is 4. The second-order valence-electron chi connectivity index (χ2n) is 8.68. The number of rotatable bonds is 4. The zero-order chi connectivity index (χ0) is 21.0. The molecule has 1 aromatic carbocycles. The molecule has 30 heavy (non-hydrogen) atoms. The van der Waals surface area contributed by atoms with Gasteiger partial charge in [0.2, 0.25) is 5.43 Å². The first-order valence-electron chi connectivity index (χ1n) is 10.5. The van der Waals surface area contributed by atoms with Crippen molar-refractivity contribution in [2.75, 3.05) is 0 Å². The predicted molar refractivity (Wildman–Crippen MR) is 113 cm³/mol. The van der Waals surface area contributed by atoms with E-state index in [0.29, 0.717) is 11.1 Å². The number of carboxylic acids is 1. The maximum absolute atomic E-state index is 15.5. The van der Waals surface area contributed by atoms with Gasteiger partial charge in [0, 0.05) is 41.4 Å². The van der Waals surface area contributed by atoms with Gasteiger partial charge >= 0.3 is 5.97 Å². The maximum atomic E-state index is 15.5. The van der Waals surface area contributed by atoms with Gasteiger partial charge in [0.1, 0.15) is 16.9 Å². The zero-order valence-corrected chi connectivity index (χ0v) is 16.6. The summed E-state index contributed by atoms with van der Waals surface area (Å²) in [5.74, 6) is -1.88. The van der Waals surface area contributed by atoms with Gasteiger partial charge in [-0.05, 0) is 43.9 Å². The number of allylic oxidation sites excluding steroid dienone is 1. The van der Waals surface area contributed by atoms with Crippen molar-refractivity contribution in [2.24, 2.45) is 16.6 Å². The van der Waals surface area contributed by atoms with Crippen molar-refractivity contribution < 1.29 is 14.3 Å². The third-order valence-corrected chi connectivity index (χ3v) is 6.83. The van der Waals surface area contributed by atoms with Gasteiger partial charge in [-0.3, -0.25) is 9.79 Å². The van der Waals surface area contributed by atoms with Crippen LogP contribution in [0.4, 0.5) is 4.39 Å². The van der Waals surface area contributed by atoms with E-state index in [4.69, 9.17) is 10.7 Å². The molecule has 0 radical (unpaired) electrons. The highest BCUT2D eigenvalue weighted by molar-refractivity contribution is 5.93. The number of aromatic nitrogens is 1. The average molecular weight is 409 g/mol. The summed E-state index contributed by atoms with van der Waals surface area (Å²) in [5.41, 5.74) is 5.54. The van der Waals surface area contributed by atoms with Gasteiger partial charge in [0.05, 0.1) is 5.52 Å². The average Bonchev–Trinajstić information content (AvgIpc) is 3.45. The Balaban J connectivity index is 1.77. The van der Waals surface area contributed by atoms with Gasteiger partial charge in [0.25, 0.3) is 0 Å². The summed E-state index contributed by atoms with van der Waals surface area (Å²) in [4.78, 5) is 29.0. The first-order valence-corrected chi connectivity index (χ1v) is 10.5. The minimum absolute atomic E-state index is 0.0346. The number of nitrogens with two attached hydrogens (primary N) is 1. The Labute approximate surface area is 172 Å². The number of pyridine rings is 1. The molecule has 5 rings (SSSR count). The monoisotopic (exact) mass is 409 g/mol. The fraction of sp³-hybridized carbons (Fsp3) is 0.435. The summed E-state index contributed by atoms with van der Waals surface area (Å²) in [6, 6.07) is 2.93. The molecule has 1 aromatic heterocycles. The van der Waals surface area contributed by atoms with Gasteiger partial charge in [-0.25, -0.2) is 9.18 Å². The molecular formula is C23H24FN3O3. The van der Waals surface area contributed by atoms with Gasteiger partial charge in [-0.1, -0.05) is 18.9 Å². The molecule has 2 saturated carbocycles. The lowest BCUT2D eigenvalue weighted by atomic mass is 9.69. The lowest BCUT2D eigenvalue weighted by molar-refractivity contribution is 0.0695. The van der Waals surface area contributed by atoms with E-state index in [9.17, 15) is 14.7 Å². The highest BCUT2D eigenvalue weighted by Crippen LogP contribution is 2.46. The van der Waals surface area contributed by atoms with E-state index in [1.165, 1.54) is 12.3 Å². The van der Waals surface area contributed by atoms with E-state index in [-0.39, 0.29) is 29.0 Å². The summed E-state index contributed by atoms with van der Waals surface area (Å²) in [7, 11) is 0. The van der Waals surface area contributed by atoms with Crippen LogP contribution in [0.1, 0.15) is 60.5 Å². The molecule has 6 nitrogen and oxygen atoms in total. The fourth-order valence-corrected chi connectivity index (χ4v) is 5.17. The van der Waals surface area contributed by atoms with Gasteiger partial charge < -0.3 is 15.4 Å². The molecule has 0 spiro atoms. The molecule has 2 fully saturated rings. The minimum Gasteiger partial charge on any atom is -0.477 e. The molecule has 1 aliphatic heterocycles. The molecular weight excluding hydrogens is 385 g/mol. The van der Waals surface area contributed by atoms with Crippen molar-refractivity contribution in [2.45, 2.75) is 56.1 Å². The lowest BCUT2D eigenvalue weighted by Gasteiger charge is -2.40. The van der Waals surface area contributed by atoms with Crippen LogP contribution in [0.2, 0.25) is 0 Å². The van der Waals surface area contributed by atoms with Gasteiger partial charge in [-0.15, -0.1) is 0 Å². The van der Waals surface area contributed by atoms with Crippen LogP contribution in [0.15, 0.2) is 40.3 Å². The minimum atomic E-state index is -1.30. The van der Waals surface area contributed by atoms with Crippen LogP contribution in [-0.4, -0.2) is 27.9 Å². The normalized spacial score (nSPS) is 28.3. The molecule has 3 N–H and O–H groups in total. The van der Waals surface area contributed by atoms with Crippen LogP contribution in [-0.2, 0) is 5.54 Å². The lowest BCUT2D eigenvalue weighted by Crippen LogP contribution is -2.45. The fourth-order valence-electron chi connectivity index (χ4n) is 5.17. The van der Waals surface area contributed by atoms with Crippen molar-refractivity contribution in [3.05, 3.63) is 57.6 Å². The standard InChI is InChI=1S/C23H24FN3O3/c24-18-10-14-20(27(13-6-7-13)12-15(21(14)28)22(29)30)11-17(18)23(8-3-9-26-23)16-4-1-2-5-19(16)25/h3,8-13,16,19H,1-2,4-7,25H2,(H,29,30). The Morgan fingerprint density at radius 2 is 2.00 bits per heavy atom. The largest absolute Gasteiger partial charge is 0.477 e. The molecule has 3 atom stereocenters. The number of aromatic carboxylic acids is 1. The van der Waals surface area contributed by atoms with E-state index >= 15 is 4.39 Å². The molecule has 156 valence electrons. The third kappa shape index (κ3) is 2.83. The van der Waals surface area contributed by atoms with Crippen LogP contribution in [0.25, 0.3) is 10.9 Å². The molecule has 0 saturated heterocycles. The van der Waals surface area contributed by atoms with Crippen LogP contribution in [0, 0.1) is 11.7 Å². The van der Waals surface area contributed by atoms with Crippen molar-refractivity contribution in [1.82, 2.24) is 4.57 Å².